The molecule has 1 atom stereocenters. The van der Waals surface area contributed by atoms with Crippen LogP contribution in [0.15, 0.2) is 24.3 Å². The van der Waals surface area contributed by atoms with E-state index in [4.69, 9.17) is 4.74 Å². The molecule has 6 heteroatoms. The monoisotopic (exact) mass is 397 g/mol. The van der Waals surface area contributed by atoms with Gasteiger partial charge < -0.3 is 10.1 Å². The van der Waals surface area contributed by atoms with Crippen molar-refractivity contribution in [3.05, 3.63) is 35.4 Å². The van der Waals surface area contributed by atoms with Gasteiger partial charge in [-0.1, -0.05) is 45.9 Å². The Morgan fingerprint density at radius 1 is 1.10 bits per heavy atom. The molecule has 0 saturated heterocycles. The first-order valence-electron chi connectivity index (χ1n) is 9.83. The maximum absolute atomic E-state index is 13.2. The molecule has 0 spiro atoms. The molecule has 1 N–H and O–H groups in total. The molecule has 1 aromatic carbocycles. The van der Waals surface area contributed by atoms with Gasteiger partial charge in [-0.15, -0.1) is 0 Å². The zero-order valence-corrected chi connectivity index (χ0v) is 18.2. The van der Waals surface area contributed by atoms with Gasteiger partial charge in [0.1, 0.15) is 5.92 Å². The number of ether oxygens (including phenoxy) is 1. The van der Waals surface area contributed by atoms with Crippen LogP contribution in [-0.4, -0.2) is 24.0 Å². The second kappa shape index (κ2) is 10.1. The highest BCUT2D eigenvalue weighted by Crippen LogP contribution is 2.31. The van der Waals surface area contributed by atoms with Crippen LogP contribution >= 0.6 is 0 Å². The van der Waals surface area contributed by atoms with Gasteiger partial charge >= 0.3 is 5.97 Å². The first-order valence-corrected chi connectivity index (χ1v) is 9.83. The summed E-state index contributed by atoms with van der Waals surface area (Å²) in [6.07, 6.45) is 1.36. The number of benzene rings is 1. The fourth-order valence-corrected chi connectivity index (χ4v) is 3.66. The molecule has 156 valence electrons. The Labute approximate surface area is 173 Å². The van der Waals surface area contributed by atoms with Crippen LogP contribution in [0.1, 0.15) is 76.2 Å². The zero-order valence-electron chi connectivity index (χ0n) is 18.2. The van der Waals surface area contributed by atoms with E-state index in [2.05, 4.69) is 26.1 Å². The van der Waals surface area contributed by atoms with Gasteiger partial charge in [0.15, 0.2) is 0 Å². The molecule has 0 saturated carbocycles. The summed E-state index contributed by atoms with van der Waals surface area (Å²) in [7, 11) is 0. The summed E-state index contributed by atoms with van der Waals surface area (Å²) in [6, 6.07) is 10.3. The predicted molar refractivity (Wildman–Crippen MR) is 111 cm³/mol. The van der Waals surface area contributed by atoms with E-state index in [0.29, 0.717) is 18.4 Å². The van der Waals surface area contributed by atoms with Gasteiger partial charge in [0.2, 0.25) is 5.91 Å². The Morgan fingerprint density at radius 2 is 1.69 bits per heavy atom. The highest BCUT2D eigenvalue weighted by Gasteiger charge is 2.37. The molecule has 1 unspecified atom stereocenters. The maximum Gasteiger partial charge on any atom is 0.338 e. The minimum Gasteiger partial charge on any atom is -0.462 e. The molecule has 0 aliphatic rings. The second-order valence-electron chi connectivity index (χ2n) is 9.05. The predicted octanol–water partition coefficient (Wildman–Crippen LogP) is 4.33. The van der Waals surface area contributed by atoms with E-state index in [1.165, 1.54) is 0 Å². The summed E-state index contributed by atoms with van der Waals surface area (Å²) in [5.74, 6) is -3.36. The van der Waals surface area contributed by atoms with Gasteiger partial charge in [0.05, 0.1) is 30.2 Å². The lowest BCUT2D eigenvalue weighted by Crippen LogP contribution is -2.48. The molecule has 1 amide bonds. The van der Waals surface area contributed by atoms with Crippen molar-refractivity contribution < 1.29 is 14.3 Å². The molecule has 29 heavy (non-hydrogen) atoms. The number of nitrogens with zero attached hydrogens (tertiary/aromatic N) is 2. The van der Waals surface area contributed by atoms with Crippen molar-refractivity contribution in [2.45, 2.75) is 65.8 Å². The minimum atomic E-state index is -1.24. The molecular weight excluding hydrogens is 366 g/mol. The normalized spacial score (nSPS) is 12.6. The quantitative estimate of drug-likeness (QED) is 0.658. The van der Waals surface area contributed by atoms with E-state index in [-0.39, 0.29) is 17.6 Å². The van der Waals surface area contributed by atoms with Crippen molar-refractivity contribution in [3.8, 4) is 12.1 Å². The van der Waals surface area contributed by atoms with E-state index in [0.717, 1.165) is 0 Å². The Bertz CT molecular complexity index is 796. The fourth-order valence-electron chi connectivity index (χ4n) is 3.66. The number of hydrogen-bond donors (Lipinski definition) is 1. The molecule has 0 fully saturated rings. The van der Waals surface area contributed by atoms with Crippen LogP contribution in [0, 0.1) is 34.0 Å². The van der Waals surface area contributed by atoms with Gasteiger partial charge in [-0.25, -0.2) is 4.79 Å². The molecule has 0 aliphatic carbocycles. The summed E-state index contributed by atoms with van der Waals surface area (Å²) >= 11 is 0. The number of carbonyl (C=O) groups is 2. The van der Waals surface area contributed by atoms with E-state index in [1.54, 1.807) is 24.3 Å². The lowest BCUT2D eigenvalue weighted by molar-refractivity contribution is -0.124. The van der Waals surface area contributed by atoms with E-state index in [1.807, 2.05) is 32.9 Å². The average Bonchev–Trinajstić information content (AvgIpc) is 2.61. The topological polar surface area (TPSA) is 103 Å². The molecule has 0 radical (unpaired) electrons. The second-order valence-corrected chi connectivity index (χ2v) is 9.05. The molecule has 0 aliphatic heterocycles. The number of nitrogens with one attached hydrogen (secondary N) is 1. The fraction of sp³-hybridized carbons (Fsp3) is 0.565. The number of carbonyl (C=O) groups excluding carboxylic acids is 2. The lowest BCUT2D eigenvalue weighted by Gasteiger charge is -2.35. The third kappa shape index (κ3) is 7.23. The van der Waals surface area contributed by atoms with Crippen LogP contribution in [0.5, 0.6) is 0 Å². The molecular formula is C23H31N3O3. The number of hydrogen-bond acceptors (Lipinski definition) is 5. The number of esters is 1. The third-order valence-corrected chi connectivity index (χ3v) is 4.28. The number of rotatable bonds is 8. The van der Waals surface area contributed by atoms with Crippen molar-refractivity contribution in [3.63, 3.8) is 0 Å². The van der Waals surface area contributed by atoms with Crippen LogP contribution in [0.25, 0.3) is 0 Å². The summed E-state index contributed by atoms with van der Waals surface area (Å²) in [4.78, 5) is 25.7. The van der Waals surface area contributed by atoms with Crippen molar-refractivity contribution in [1.82, 2.24) is 5.32 Å². The first kappa shape index (κ1) is 24.2. The highest BCUT2D eigenvalue weighted by molar-refractivity contribution is 5.95. The van der Waals surface area contributed by atoms with Crippen LogP contribution < -0.4 is 5.32 Å². The summed E-state index contributed by atoms with van der Waals surface area (Å²) in [5.41, 5.74) is -0.0606. The molecule has 1 rings (SSSR count). The SMILES string of the molecule is CCCOC(=O)c1ccccc1C(C(=O)NC(C)(C)CC(C)(C)C)C(C#N)C#N. The molecule has 0 heterocycles. The molecule has 6 nitrogen and oxygen atoms in total. The highest BCUT2D eigenvalue weighted by atomic mass is 16.5. The van der Waals surface area contributed by atoms with Crippen molar-refractivity contribution in [2.75, 3.05) is 6.61 Å². The van der Waals surface area contributed by atoms with Crippen molar-refractivity contribution >= 4 is 11.9 Å². The Balaban J connectivity index is 3.35. The maximum atomic E-state index is 13.2. The summed E-state index contributed by atoms with van der Waals surface area (Å²) < 4.78 is 5.23. The van der Waals surface area contributed by atoms with Crippen molar-refractivity contribution in [1.29, 1.82) is 10.5 Å². The zero-order chi connectivity index (χ0) is 22.2. The Morgan fingerprint density at radius 3 is 2.21 bits per heavy atom. The van der Waals surface area contributed by atoms with Crippen LogP contribution in [0.2, 0.25) is 0 Å². The van der Waals surface area contributed by atoms with Crippen molar-refractivity contribution in [2.24, 2.45) is 11.3 Å². The summed E-state index contributed by atoms with van der Waals surface area (Å²) in [6.45, 7) is 12.2. The van der Waals surface area contributed by atoms with Crippen LogP contribution in [0.4, 0.5) is 0 Å². The third-order valence-electron chi connectivity index (χ3n) is 4.28. The molecule has 0 bridgehead atoms. The average molecular weight is 398 g/mol. The largest absolute Gasteiger partial charge is 0.462 e. The van der Waals surface area contributed by atoms with Gasteiger partial charge in [-0.2, -0.15) is 10.5 Å². The van der Waals surface area contributed by atoms with Gasteiger partial charge in [-0.05, 0) is 43.7 Å². The Hall–Kier alpha value is -2.86. The lowest BCUT2D eigenvalue weighted by atomic mass is 9.80. The van der Waals surface area contributed by atoms with Crippen LogP contribution in [0.3, 0.4) is 0 Å². The molecule has 0 aromatic heterocycles. The number of nitriles is 2. The first-order chi connectivity index (χ1) is 13.5. The summed E-state index contributed by atoms with van der Waals surface area (Å²) in [5, 5.41) is 22.0. The van der Waals surface area contributed by atoms with Gasteiger partial charge in [-0.3, -0.25) is 4.79 Å². The van der Waals surface area contributed by atoms with Gasteiger partial charge in [0.25, 0.3) is 0 Å². The van der Waals surface area contributed by atoms with Gasteiger partial charge in [0, 0.05) is 5.54 Å². The molecule has 1 aromatic rings. The van der Waals surface area contributed by atoms with Crippen LogP contribution in [-0.2, 0) is 9.53 Å². The minimum absolute atomic E-state index is 0.0298. The smallest absolute Gasteiger partial charge is 0.338 e. The number of amides is 1. The standard InChI is InChI=1S/C23H31N3O3/c1-7-12-29-21(28)18-11-9-8-10-17(18)19(16(13-24)14-25)20(27)26-23(5,6)15-22(2,3)4/h8-11,16,19H,7,12,15H2,1-6H3,(H,26,27). The van der Waals surface area contributed by atoms with E-state index in [9.17, 15) is 20.1 Å². The van der Waals surface area contributed by atoms with E-state index < -0.39 is 29.3 Å². The van der Waals surface area contributed by atoms with E-state index >= 15 is 0 Å². The Kier molecular flexibility index (Phi) is 8.40.